The summed E-state index contributed by atoms with van der Waals surface area (Å²) >= 11 is 1.12. The molecule has 0 radical (unpaired) electrons. The molecule has 21 heavy (non-hydrogen) atoms. The quantitative estimate of drug-likeness (QED) is 0.759. The minimum Gasteiger partial charge on any atom is -0.326 e. The van der Waals surface area contributed by atoms with Crippen LogP contribution in [0.3, 0.4) is 0 Å². The number of carbonyl (C=O) groups excluding carboxylic acids is 1. The van der Waals surface area contributed by atoms with Gasteiger partial charge in [0.25, 0.3) is 11.8 Å². The Balaban J connectivity index is 1.70. The van der Waals surface area contributed by atoms with Gasteiger partial charge in [0.05, 0.1) is 19.3 Å². The molecule has 3 nitrogen and oxygen atoms in total. The average molecular weight is 304 g/mol. The molecule has 1 amide bonds. The molecule has 2 heterocycles. The third-order valence-corrected chi connectivity index (χ3v) is 3.84. The molecule has 1 aliphatic heterocycles. The van der Waals surface area contributed by atoms with Crippen molar-refractivity contribution in [1.82, 2.24) is 9.88 Å². The lowest BCUT2D eigenvalue weighted by atomic mass is 10.1. The summed E-state index contributed by atoms with van der Waals surface area (Å²) in [6, 6.07) is 9.40. The van der Waals surface area contributed by atoms with E-state index in [1.807, 2.05) is 30.3 Å². The Morgan fingerprint density at radius 1 is 1.24 bits per heavy atom. The van der Waals surface area contributed by atoms with Gasteiger partial charge in [-0.25, -0.2) is 13.8 Å². The Labute approximate surface area is 124 Å². The van der Waals surface area contributed by atoms with Crippen LogP contribution in [0.15, 0.2) is 36.5 Å². The van der Waals surface area contributed by atoms with E-state index < -0.39 is 24.9 Å². The van der Waals surface area contributed by atoms with E-state index >= 15 is 0 Å². The fraction of sp³-hybridized carbons (Fsp3) is 0.200. The van der Waals surface area contributed by atoms with Crippen molar-refractivity contribution < 1.29 is 13.6 Å². The second kappa shape index (κ2) is 5.26. The molecule has 0 spiro atoms. The monoisotopic (exact) mass is 304 g/mol. The highest BCUT2D eigenvalue weighted by molar-refractivity contribution is 7.14. The largest absolute Gasteiger partial charge is 0.326 e. The van der Waals surface area contributed by atoms with Crippen LogP contribution in [0, 0.1) is 11.8 Å². The zero-order chi connectivity index (χ0) is 14.9. The van der Waals surface area contributed by atoms with E-state index in [1.54, 1.807) is 0 Å². The topological polar surface area (TPSA) is 33.2 Å². The number of thiazole rings is 1. The van der Waals surface area contributed by atoms with E-state index in [4.69, 9.17) is 0 Å². The number of amides is 1. The average Bonchev–Trinajstić information content (AvgIpc) is 2.92. The van der Waals surface area contributed by atoms with Crippen LogP contribution in [-0.2, 0) is 0 Å². The van der Waals surface area contributed by atoms with Gasteiger partial charge in [0.15, 0.2) is 5.01 Å². The standard InChI is InChI=1S/C15H10F2N2OS/c16-15(17)9-19(10-15)14(20)12-8-18-13(21-12)7-6-11-4-2-1-3-5-11/h1-5,8H,9-10H2. The van der Waals surface area contributed by atoms with Gasteiger partial charge in [0, 0.05) is 5.56 Å². The predicted molar refractivity (Wildman–Crippen MR) is 75.4 cm³/mol. The van der Waals surface area contributed by atoms with Crippen molar-refractivity contribution in [1.29, 1.82) is 0 Å². The molecule has 6 heteroatoms. The van der Waals surface area contributed by atoms with Crippen LogP contribution in [0.4, 0.5) is 8.78 Å². The van der Waals surface area contributed by atoms with E-state index in [0.29, 0.717) is 9.88 Å². The van der Waals surface area contributed by atoms with E-state index in [2.05, 4.69) is 16.8 Å². The minimum absolute atomic E-state index is 0.336. The molecule has 0 bridgehead atoms. The van der Waals surface area contributed by atoms with Crippen LogP contribution in [0.2, 0.25) is 0 Å². The maximum atomic E-state index is 12.7. The number of aromatic nitrogens is 1. The first-order valence-corrected chi connectivity index (χ1v) is 7.05. The predicted octanol–water partition coefficient (Wildman–Crippen LogP) is 2.63. The third kappa shape index (κ3) is 3.09. The van der Waals surface area contributed by atoms with Gasteiger partial charge in [0.1, 0.15) is 4.88 Å². The normalized spacial score (nSPS) is 15.8. The summed E-state index contributed by atoms with van der Waals surface area (Å²) in [5.74, 6) is 2.64. The Bertz CT molecular complexity index is 723. The number of halogens is 2. The first-order chi connectivity index (χ1) is 10.0. The lowest BCUT2D eigenvalue weighted by Crippen LogP contribution is -2.58. The summed E-state index contributed by atoms with van der Waals surface area (Å²) in [5.41, 5.74) is 0.850. The zero-order valence-corrected chi connectivity index (χ0v) is 11.7. The molecule has 1 aliphatic rings. The molecular weight excluding hydrogens is 294 g/mol. The van der Waals surface area contributed by atoms with Gasteiger partial charge in [-0.15, -0.1) is 11.3 Å². The second-order valence-corrected chi connectivity index (χ2v) is 5.69. The molecule has 1 aromatic carbocycles. The number of hydrogen-bond acceptors (Lipinski definition) is 3. The Hall–Kier alpha value is -2.26. The van der Waals surface area contributed by atoms with E-state index in [9.17, 15) is 13.6 Å². The van der Waals surface area contributed by atoms with Crippen molar-refractivity contribution in [3.05, 3.63) is 52.0 Å². The molecule has 2 aromatic rings. The van der Waals surface area contributed by atoms with Crippen molar-refractivity contribution in [3.63, 3.8) is 0 Å². The molecule has 0 aliphatic carbocycles. The van der Waals surface area contributed by atoms with Gasteiger partial charge < -0.3 is 4.90 Å². The molecule has 106 valence electrons. The van der Waals surface area contributed by atoms with Crippen molar-refractivity contribution in [2.45, 2.75) is 5.92 Å². The first kappa shape index (κ1) is 13.7. The Kier molecular flexibility index (Phi) is 3.43. The van der Waals surface area contributed by atoms with Gasteiger partial charge in [-0.3, -0.25) is 4.79 Å². The van der Waals surface area contributed by atoms with Crippen molar-refractivity contribution in [2.75, 3.05) is 13.1 Å². The highest BCUT2D eigenvalue weighted by Gasteiger charge is 2.46. The molecule has 3 rings (SSSR count). The molecule has 0 saturated carbocycles. The number of likely N-dealkylation sites (tertiary alicyclic amines) is 1. The second-order valence-electron chi connectivity index (χ2n) is 4.66. The van der Waals surface area contributed by atoms with Gasteiger partial charge in [-0.1, -0.05) is 24.1 Å². The summed E-state index contributed by atoms with van der Waals surface area (Å²) < 4.78 is 25.5. The zero-order valence-electron chi connectivity index (χ0n) is 10.8. The lowest BCUT2D eigenvalue weighted by Gasteiger charge is -2.38. The molecule has 1 aromatic heterocycles. The van der Waals surface area contributed by atoms with E-state index in [-0.39, 0.29) is 0 Å². The molecule has 0 atom stereocenters. The third-order valence-electron chi connectivity index (χ3n) is 2.94. The number of nitrogens with zero attached hydrogens (tertiary/aromatic N) is 2. The highest BCUT2D eigenvalue weighted by atomic mass is 32.1. The van der Waals surface area contributed by atoms with Gasteiger partial charge >= 0.3 is 0 Å². The van der Waals surface area contributed by atoms with Crippen molar-refractivity contribution in [2.24, 2.45) is 0 Å². The van der Waals surface area contributed by atoms with E-state index in [0.717, 1.165) is 21.8 Å². The van der Waals surface area contributed by atoms with Gasteiger partial charge in [0.2, 0.25) is 0 Å². The van der Waals surface area contributed by atoms with Gasteiger partial charge in [-0.2, -0.15) is 0 Å². The Morgan fingerprint density at radius 3 is 2.62 bits per heavy atom. The number of carbonyl (C=O) groups is 1. The van der Waals surface area contributed by atoms with E-state index in [1.165, 1.54) is 6.20 Å². The summed E-state index contributed by atoms with van der Waals surface area (Å²) in [4.78, 5) is 17.4. The molecule has 1 fully saturated rings. The smallest absolute Gasteiger partial charge is 0.282 e. The van der Waals surface area contributed by atoms with Crippen LogP contribution >= 0.6 is 11.3 Å². The molecular formula is C15H10F2N2OS. The van der Waals surface area contributed by atoms with Gasteiger partial charge in [-0.05, 0) is 18.1 Å². The molecule has 0 unspecified atom stereocenters. The van der Waals surface area contributed by atoms with Crippen molar-refractivity contribution >= 4 is 17.2 Å². The number of alkyl halides is 2. The number of benzene rings is 1. The molecule has 1 saturated heterocycles. The SMILES string of the molecule is O=C(c1cnc(C#Cc2ccccc2)s1)N1CC(F)(F)C1. The molecule has 0 N–H and O–H groups in total. The Morgan fingerprint density at radius 2 is 1.95 bits per heavy atom. The fourth-order valence-corrected chi connectivity index (χ4v) is 2.63. The van der Waals surface area contributed by atoms with Crippen LogP contribution in [0.25, 0.3) is 0 Å². The first-order valence-electron chi connectivity index (χ1n) is 6.23. The lowest BCUT2D eigenvalue weighted by molar-refractivity contribution is -0.112. The summed E-state index contributed by atoms with van der Waals surface area (Å²) in [5, 5.41) is 0.495. The summed E-state index contributed by atoms with van der Waals surface area (Å²) in [6.45, 7) is -1.04. The van der Waals surface area contributed by atoms with Crippen LogP contribution in [0.1, 0.15) is 20.2 Å². The fourth-order valence-electron chi connectivity index (χ4n) is 1.89. The van der Waals surface area contributed by atoms with Crippen LogP contribution < -0.4 is 0 Å². The maximum Gasteiger partial charge on any atom is 0.282 e. The van der Waals surface area contributed by atoms with Crippen LogP contribution in [-0.4, -0.2) is 34.8 Å². The highest BCUT2D eigenvalue weighted by Crippen LogP contribution is 2.29. The maximum absolute atomic E-state index is 12.7. The minimum atomic E-state index is -2.75. The number of hydrogen-bond donors (Lipinski definition) is 0. The van der Waals surface area contributed by atoms with Crippen molar-refractivity contribution in [3.8, 4) is 11.8 Å². The summed E-state index contributed by atoms with van der Waals surface area (Å²) in [6.07, 6.45) is 1.39. The summed E-state index contributed by atoms with van der Waals surface area (Å²) in [7, 11) is 0. The number of rotatable bonds is 1. The van der Waals surface area contributed by atoms with Crippen LogP contribution in [0.5, 0.6) is 0 Å².